The summed E-state index contributed by atoms with van der Waals surface area (Å²) in [6.45, 7) is 4.86. The highest BCUT2D eigenvalue weighted by molar-refractivity contribution is 6.34. The lowest BCUT2D eigenvalue weighted by molar-refractivity contribution is 0.532. The van der Waals surface area contributed by atoms with Crippen LogP contribution in [0.4, 0.5) is 5.82 Å². The topological polar surface area (TPSA) is 55.6 Å². The summed E-state index contributed by atoms with van der Waals surface area (Å²) < 4.78 is 1.93. The van der Waals surface area contributed by atoms with Gasteiger partial charge in [-0.05, 0) is 26.0 Å². The molecule has 0 bridgehead atoms. The van der Waals surface area contributed by atoms with Gasteiger partial charge in [0.15, 0.2) is 0 Å². The summed E-state index contributed by atoms with van der Waals surface area (Å²) in [5.74, 6) is 0.724. The number of aromatic nitrogens is 4. The summed E-state index contributed by atoms with van der Waals surface area (Å²) >= 11 is 6.08. The molecule has 0 amide bonds. The van der Waals surface area contributed by atoms with Crippen LogP contribution < -0.4 is 5.32 Å². The van der Waals surface area contributed by atoms with E-state index in [-0.39, 0.29) is 0 Å². The van der Waals surface area contributed by atoms with Crippen molar-refractivity contribution in [1.29, 1.82) is 0 Å². The Bertz CT molecular complexity index is 766. The SMILES string of the molecule is CC(C)n1cc(CNc2cnc3c(Cl)cccc3n2)cn1. The maximum atomic E-state index is 6.08. The summed E-state index contributed by atoms with van der Waals surface area (Å²) in [7, 11) is 0. The summed E-state index contributed by atoms with van der Waals surface area (Å²) in [5, 5.41) is 8.18. The Labute approximate surface area is 128 Å². The third-order valence-corrected chi connectivity index (χ3v) is 3.49. The number of para-hydroxylation sites is 1. The smallest absolute Gasteiger partial charge is 0.145 e. The van der Waals surface area contributed by atoms with Crippen LogP contribution in [0, 0.1) is 0 Å². The van der Waals surface area contributed by atoms with Gasteiger partial charge in [-0.1, -0.05) is 17.7 Å². The van der Waals surface area contributed by atoms with Crippen molar-refractivity contribution in [3.05, 3.63) is 47.4 Å². The van der Waals surface area contributed by atoms with Crippen LogP contribution >= 0.6 is 11.6 Å². The van der Waals surface area contributed by atoms with E-state index in [4.69, 9.17) is 11.6 Å². The molecule has 0 spiro atoms. The van der Waals surface area contributed by atoms with Gasteiger partial charge < -0.3 is 5.32 Å². The Morgan fingerprint density at radius 2 is 2.14 bits per heavy atom. The number of nitrogens with zero attached hydrogens (tertiary/aromatic N) is 4. The first-order chi connectivity index (χ1) is 10.1. The van der Waals surface area contributed by atoms with Crippen LogP contribution in [0.25, 0.3) is 11.0 Å². The van der Waals surface area contributed by atoms with Crippen LogP contribution in [-0.2, 0) is 6.54 Å². The molecule has 2 heterocycles. The summed E-state index contributed by atoms with van der Waals surface area (Å²) in [4.78, 5) is 8.86. The van der Waals surface area contributed by atoms with Gasteiger partial charge in [0.1, 0.15) is 11.3 Å². The second-order valence-electron chi connectivity index (χ2n) is 5.14. The van der Waals surface area contributed by atoms with Crippen LogP contribution in [0.2, 0.25) is 5.02 Å². The Morgan fingerprint density at radius 1 is 1.29 bits per heavy atom. The minimum atomic E-state index is 0.362. The van der Waals surface area contributed by atoms with Gasteiger partial charge in [0.2, 0.25) is 0 Å². The lowest BCUT2D eigenvalue weighted by Crippen LogP contribution is -2.02. The fourth-order valence-corrected chi connectivity index (χ4v) is 2.25. The minimum absolute atomic E-state index is 0.362. The van der Waals surface area contributed by atoms with Crippen molar-refractivity contribution < 1.29 is 0 Å². The third kappa shape index (κ3) is 2.97. The van der Waals surface area contributed by atoms with E-state index in [0.717, 1.165) is 22.4 Å². The van der Waals surface area contributed by atoms with Crippen LogP contribution in [0.15, 0.2) is 36.8 Å². The fourth-order valence-electron chi connectivity index (χ4n) is 2.04. The minimum Gasteiger partial charge on any atom is -0.365 e. The van der Waals surface area contributed by atoms with Gasteiger partial charge in [0, 0.05) is 24.3 Å². The van der Waals surface area contributed by atoms with Crippen molar-refractivity contribution in [3.63, 3.8) is 0 Å². The van der Waals surface area contributed by atoms with E-state index in [1.807, 2.05) is 35.3 Å². The maximum absolute atomic E-state index is 6.08. The summed E-state index contributed by atoms with van der Waals surface area (Å²) in [5.41, 5.74) is 2.61. The number of hydrogen-bond donors (Lipinski definition) is 1. The quantitative estimate of drug-likeness (QED) is 0.799. The Morgan fingerprint density at radius 3 is 2.90 bits per heavy atom. The molecule has 0 saturated heterocycles. The highest BCUT2D eigenvalue weighted by Crippen LogP contribution is 2.20. The van der Waals surface area contributed by atoms with Crippen molar-refractivity contribution in [2.45, 2.75) is 26.4 Å². The van der Waals surface area contributed by atoms with Gasteiger partial charge in [-0.15, -0.1) is 0 Å². The van der Waals surface area contributed by atoms with E-state index in [2.05, 4.69) is 34.2 Å². The molecule has 0 radical (unpaired) electrons. The van der Waals surface area contributed by atoms with Crippen LogP contribution in [-0.4, -0.2) is 19.7 Å². The molecule has 0 unspecified atom stereocenters. The molecule has 1 aromatic carbocycles. The number of nitrogens with one attached hydrogen (secondary N) is 1. The summed E-state index contributed by atoms with van der Waals surface area (Å²) in [6, 6.07) is 5.94. The molecule has 3 rings (SSSR count). The second-order valence-corrected chi connectivity index (χ2v) is 5.55. The zero-order valence-electron chi connectivity index (χ0n) is 11.9. The molecule has 3 aromatic rings. The maximum Gasteiger partial charge on any atom is 0.145 e. The molecule has 21 heavy (non-hydrogen) atoms. The second kappa shape index (κ2) is 5.69. The normalized spacial score (nSPS) is 11.2. The molecule has 5 nitrogen and oxygen atoms in total. The van der Waals surface area contributed by atoms with E-state index in [0.29, 0.717) is 17.6 Å². The molecule has 0 atom stereocenters. The molecule has 1 N–H and O–H groups in total. The molecule has 0 aliphatic rings. The molecule has 0 aliphatic carbocycles. The van der Waals surface area contributed by atoms with E-state index >= 15 is 0 Å². The van der Waals surface area contributed by atoms with Crippen LogP contribution in [0.3, 0.4) is 0 Å². The molecule has 0 aliphatic heterocycles. The fraction of sp³-hybridized carbons (Fsp3) is 0.267. The van der Waals surface area contributed by atoms with Crippen molar-refractivity contribution in [2.24, 2.45) is 0 Å². The van der Waals surface area contributed by atoms with Gasteiger partial charge in [-0.2, -0.15) is 5.10 Å². The average molecular weight is 302 g/mol. The predicted octanol–water partition coefficient (Wildman–Crippen LogP) is 3.67. The van der Waals surface area contributed by atoms with Crippen molar-refractivity contribution in [3.8, 4) is 0 Å². The first-order valence-corrected chi connectivity index (χ1v) is 7.19. The van der Waals surface area contributed by atoms with Crippen molar-refractivity contribution in [2.75, 3.05) is 5.32 Å². The molecule has 0 fully saturated rings. The van der Waals surface area contributed by atoms with Gasteiger partial charge >= 0.3 is 0 Å². The van der Waals surface area contributed by atoms with Crippen LogP contribution in [0.5, 0.6) is 0 Å². The zero-order chi connectivity index (χ0) is 14.8. The molecule has 2 aromatic heterocycles. The highest BCUT2D eigenvalue weighted by Gasteiger charge is 2.05. The number of fused-ring (bicyclic) bond motifs is 1. The molecule has 6 heteroatoms. The largest absolute Gasteiger partial charge is 0.365 e. The molecular formula is C15H16ClN5. The summed E-state index contributed by atoms with van der Waals surface area (Å²) in [6.07, 6.45) is 5.59. The average Bonchev–Trinajstić information content (AvgIpc) is 2.94. The number of halogens is 1. The van der Waals surface area contributed by atoms with E-state index in [1.54, 1.807) is 6.20 Å². The Balaban J connectivity index is 1.75. The lowest BCUT2D eigenvalue weighted by Gasteiger charge is -2.06. The van der Waals surface area contributed by atoms with E-state index in [1.165, 1.54) is 0 Å². The zero-order valence-corrected chi connectivity index (χ0v) is 12.7. The third-order valence-electron chi connectivity index (χ3n) is 3.18. The van der Waals surface area contributed by atoms with Gasteiger partial charge in [-0.3, -0.25) is 4.68 Å². The molecule has 0 saturated carbocycles. The van der Waals surface area contributed by atoms with Gasteiger partial charge in [0.05, 0.1) is 22.9 Å². The van der Waals surface area contributed by atoms with E-state index < -0.39 is 0 Å². The first-order valence-electron chi connectivity index (χ1n) is 6.81. The number of benzene rings is 1. The monoisotopic (exact) mass is 301 g/mol. The van der Waals surface area contributed by atoms with Gasteiger partial charge in [-0.25, -0.2) is 9.97 Å². The van der Waals surface area contributed by atoms with E-state index in [9.17, 15) is 0 Å². The standard InChI is InChI=1S/C15H16ClN5/c1-10(2)21-9-11(7-19-21)6-17-14-8-18-15-12(16)4-3-5-13(15)20-14/h3-5,7-10H,6H2,1-2H3,(H,17,20). The van der Waals surface area contributed by atoms with Crippen molar-refractivity contribution in [1.82, 2.24) is 19.7 Å². The Kier molecular flexibility index (Phi) is 3.75. The predicted molar refractivity (Wildman–Crippen MR) is 84.5 cm³/mol. The first kappa shape index (κ1) is 13.8. The Hall–Kier alpha value is -2.14. The number of rotatable bonds is 4. The van der Waals surface area contributed by atoms with Gasteiger partial charge in [0.25, 0.3) is 0 Å². The number of hydrogen-bond acceptors (Lipinski definition) is 4. The van der Waals surface area contributed by atoms with Crippen molar-refractivity contribution >= 4 is 28.5 Å². The van der Waals surface area contributed by atoms with Crippen LogP contribution in [0.1, 0.15) is 25.5 Å². The molecule has 108 valence electrons. The molecular weight excluding hydrogens is 286 g/mol. The number of anilines is 1. The lowest BCUT2D eigenvalue weighted by atomic mass is 10.3. The highest BCUT2D eigenvalue weighted by atomic mass is 35.5.